The van der Waals surface area contributed by atoms with E-state index in [1.54, 1.807) is 0 Å². The van der Waals surface area contributed by atoms with Crippen molar-refractivity contribution in [1.82, 2.24) is 0 Å². The van der Waals surface area contributed by atoms with E-state index in [2.05, 4.69) is 68.3 Å². The molecule has 0 N–H and O–H groups in total. The van der Waals surface area contributed by atoms with Gasteiger partial charge in [0.05, 0.1) is 8.07 Å². The van der Waals surface area contributed by atoms with Gasteiger partial charge in [0, 0.05) is 0 Å². The molecule has 0 saturated heterocycles. The zero-order valence-electron chi connectivity index (χ0n) is 10.6. The molecule has 0 aliphatic heterocycles. The number of rotatable bonds is 8. The van der Waals surface area contributed by atoms with Gasteiger partial charge in [-0.05, 0) is 24.2 Å². The minimum Gasteiger partial charge on any atom is -0.103 e. The van der Waals surface area contributed by atoms with Gasteiger partial charge >= 0.3 is 0 Å². The molecule has 0 nitrogen and oxygen atoms in total. The summed E-state index contributed by atoms with van der Waals surface area (Å²) in [4.78, 5) is 0. The number of hydrogen-bond acceptors (Lipinski definition) is 0. The van der Waals surface area contributed by atoms with Crippen molar-refractivity contribution in [3.8, 4) is 0 Å². The van der Waals surface area contributed by atoms with Crippen LogP contribution in [0.5, 0.6) is 0 Å². The first-order valence-corrected chi connectivity index (χ1v) is 8.96. The minimum absolute atomic E-state index is 1.14. The summed E-state index contributed by atoms with van der Waals surface area (Å²) < 4.78 is 0. The molecule has 1 rings (SSSR count). The van der Waals surface area contributed by atoms with Crippen molar-refractivity contribution < 1.29 is 0 Å². The van der Waals surface area contributed by atoms with Gasteiger partial charge in [0.1, 0.15) is 0 Å². The Morgan fingerprint density at radius 3 is 1.71 bits per heavy atom. The zero-order chi connectivity index (χ0) is 12.6. The summed E-state index contributed by atoms with van der Waals surface area (Å²) in [6, 6.07) is 15.3. The molecule has 0 atom stereocenters. The Morgan fingerprint density at radius 2 is 1.29 bits per heavy atom. The summed E-state index contributed by atoms with van der Waals surface area (Å²) >= 11 is 0. The van der Waals surface area contributed by atoms with Gasteiger partial charge in [0.15, 0.2) is 0 Å². The van der Waals surface area contributed by atoms with Crippen molar-refractivity contribution in [2.24, 2.45) is 0 Å². The second-order valence-corrected chi connectivity index (χ2v) is 9.22. The maximum absolute atomic E-state index is 3.92. The Morgan fingerprint density at radius 1 is 0.824 bits per heavy atom. The average molecular weight is 242 g/mol. The second kappa shape index (κ2) is 7.07. The molecule has 0 amide bonds. The molecule has 1 aromatic carbocycles. The van der Waals surface area contributed by atoms with Gasteiger partial charge in [-0.1, -0.05) is 54.1 Å². The zero-order valence-corrected chi connectivity index (χ0v) is 11.6. The summed E-state index contributed by atoms with van der Waals surface area (Å²) in [5.41, 5.74) is 1.43. The molecule has 0 aliphatic carbocycles. The molecule has 0 saturated carbocycles. The fourth-order valence-corrected chi connectivity index (χ4v) is 6.29. The highest BCUT2D eigenvalue weighted by Crippen LogP contribution is 2.27. The molecule has 17 heavy (non-hydrogen) atoms. The Kier molecular flexibility index (Phi) is 5.71. The Bertz CT molecular complexity index is 338. The lowest BCUT2D eigenvalue weighted by Gasteiger charge is -2.28. The van der Waals surface area contributed by atoms with Crippen molar-refractivity contribution in [1.29, 1.82) is 0 Å². The highest BCUT2D eigenvalue weighted by Gasteiger charge is 2.28. The van der Waals surface area contributed by atoms with E-state index >= 15 is 0 Å². The van der Waals surface area contributed by atoms with Crippen LogP contribution in [-0.4, -0.2) is 8.07 Å². The van der Waals surface area contributed by atoms with Crippen molar-refractivity contribution in [2.45, 2.75) is 24.2 Å². The third-order valence-corrected chi connectivity index (χ3v) is 7.78. The summed E-state index contributed by atoms with van der Waals surface area (Å²) in [6.45, 7) is 11.8. The third-order valence-electron chi connectivity index (χ3n) is 3.15. The van der Waals surface area contributed by atoms with Crippen LogP contribution in [0.25, 0.3) is 0 Å². The van der Waals surface area contributed by atoms with Crippen LogP contribution in [0.15, 0.2) is 68.3 Å². The number of benzene rings is 1. The standard InChI is InChI=1S/C16H22Si/c1-4-12-17(13-5-2,14-6-3)15-16-10-8-7-9-11-16/h4-11H,1-3,12-15H2. The van der Waals surface area contributed by atoms with Crippen LogP contribution in [0.4, 0.5) is 0 Å². The van der Waals surface area contributed by atoms with E-state index in [0.717, 1.165) is 18.1 Å². The Hall–Kier alpha value is -1.34. The lowest BCUT2D eigenvalue weighted by molar-refractivity contribution is 1.20. The maximum Gasteiger partial charge on any atom is 0.0691 e. The molecule has 0 unspecified atom stereocenters. The molecule has 90 valence electrons. The highest BCUT2D eigenvalue weighted by atomic mass is 28.3. The molecule has 1 heteroatoms. The van der Waals surface area contributed by atoms with Gasteiger partial charge in [-0.25, -0.2) is 0 Å². The second-order valence-electron chi connectivity index (χ2n) is 4.64. The van der Waals surface area contributed by atoms with Crippen LogP contribution in [0.1, 0.15) is 5.56 Å². The predicted octanol–water partition coefficient (Wildman–Crippen LogP) is 4.78. The van der Waals surface area contributed by atoms with E-state index in [1.165, 1.54) is 11.6 Å². The summed E-state index contributed by atoms with van der Waals surface area (Å²) in [5.74, 6) is 0. The molecule has 1 aromatic rings. The molecule has 0 heterocycles. The van der Waals surface area contributed by atoms with E-state index in [9.17, 15) is 0 Å². The van der Waals surface area contributed by atoms with E-state index < -0.39 is 8.07 Å². The minimum atomic E-state index is -1.39. The highest BCUT2D eigenvalue weighted by molar-refractivity contribution is 6.80. The third kappa shape index (κ3) is 4.20. The van der Waals surface area contributed by atoms with Gasteiger partial charge in [-0.15, -0.1) is 19.7 Å². The lowest BCUT2D eigenvalue weighted by Crippen LogP contribution is -2.35. The molecule has 0 bridgehead atoms. The molecule has 0 spiro atoms. The topological polar surface area (TPSA) is 0 Å². The van der Waals surface area contributed by atoms with Crippen LogP contribution >= 0.6 is 0 Å². The van der Waals surface area contributed by atoms with Crippen molar-refractivity contribution in [3.63, 3.8) is 0 Å². The first kappa shape index (κ1) is 13.7. The monoisotopic (exact) mass is 242 g/mol. The Labute approximate surface area is 106 Å². The van der Waals surface area contributed by atoms with E-state index in [-0.39, 0.29) is 0 Å². The van der Waals surface area contributed by atoms with Crippen LogP contribution in [0, 0.1) is 0 Å². The molecule has 0 fully saturated rings. The van der Waals surface area contributed by atoms with Crippen LogP contribution in [0.2, 0.25) is 18.1 Å². The molecular formula is C16H22Si. The molecule has 0 aliphatic rings. The average Bonchev–Trinajstić information content (AvgIpc) is 2.31. The fourth-order valence-electron chi connectivity index (χ4n) is 2.41. The quantitative estimate of drug-likeness (QED) is 0.455. The normalized spacial score (nSPS) is 10.8. The summed E-state index contributed by atoms with van der Waals surface area (Å²) in [5, 5.41) is 0. The van der Waals surface area contributed by atoms with E-state index in [4.69, 9.17) is 0 Å². The predicted molar refractivity (Wildman–Crippen MR) is 80.9 cm³/mol. The number of allylic oxidation sites excluding steroid dienone is 3. The van der Waals surface area contributed by atoms with E-state index in [1.807, 2.05) is 0 Å². The lowest BCUT2D eigenvalue weighted by atomic mass is 10.2. The van der Waals surface area contributed by atoms with E-state index in [0.29, 0.717) is 0 Å². The number of hydrogen-bond donors (Lipinski definition) is 0. The largest absolute Gasteiger partial charge is 0.103 e. The Balaban J connectivity index is 2.90. The van der Waals surface area contributed by atoms with Gasteiger partial charge in [-0.3, -0.25) is 0 Å². The SMILES string of the molecule is C=CC[Si](CC=C)(CC=C)Cc1ccccc1. The maximum atomic E-state index is 3.92. The first-order chi connectivity index (χ1) is 8.26. The van der Waals surface area contributed by atoms with Gasteiger partial charge < -0.3 is 0 Å². The molecule has 0 radical (unpaired) electrons. The van der Waals surface area contributed by atoms with Gasteiger partial charge in [-0.2, -0.15) is 0 Å². The van der Waals surface area contributed by atoms with Crippen molar-refractivity contribution in [2.75, 3.05) is 0 Å². The summed E-state index contributed by atoms with van der Waals surface area (Å²) in [6.07, 6.45) is 6.21. The van der Waals surface area contributed by atoms with Crippen LogP contribution < -0.4 is 0 Å². The van der Waals surface area contributed by atoms with Gasteiger partial charge in [0.2, 0.25) is 0 Å². The van der Waals surface area contributed by atoms with Crippen molar-refractivity contribution in [3.05, 3.63) is 73.9 Å². The molecular weight excluding hydrogens is 220 g/mol. The van der Waals surface area contributed by atoms with Crippen LogP contribution in [-0.2, 0) is 6.04 Å². The fraction of sp³-hybridized carbons (Fsp3) is 0.250. The first-order valence-electron chi connectivity index (χ1n) is 6.13. The smallest absolute Gasteiger partial charge is 0.0691 e. The van der Waals surface area contributed by atoms with Crippen LogP contribution in [0.3, 0.4) is 0 Å². The molecule has 0 aromatic heterocycles. The van der Waals surface area contributed by atoms with Crippen molar-refractivity contribution >= 4 is 8.07 Å². The van der Waals surface area contributed by atoms with Gasteiger partial charge in [0.25, 0.3) is 0 Å². The summed E-state index contributed by atoms with van der Waals surface area (Å²) in [7, 11) is -1.39.